The quantitative estimate of drug-likeness (QED) is 0.762. The van der Waals surface area contributed by atoms with Gasteiger partial charge in [-0.3, -0.25) is 0 Å². The van der Waals surface area contributed by atoms with Gasteiger partial charge in [0.05, 0.1) is 24.6 Å². The molecule has 1 saturated heterocycles. The lowest BCUT2D eigenvalue weighted by Crippen LogP contribution is -2.54. The fourth-order valence-corrected chi connectivity index (χ4v) is 4.38. The van der Waals surface area contributed by atoms with Gasteiger partial charge in [0.1, 0.15) is 0 Å². The van der Waals surface area contributed by atoms with Crippen LogP contribution in [-0.2, 0) is 19.5 Å². The monoisotopic (exact) mass is 300 g/mol. The molecule has 2 fully saturated rings. The number of rotatable bonds is 4. The summed E-state index contributed by atoms with van der Waals surface area (Å²) in [6.07, 6.45) is 1.00. The number of sulfonamides is 1. The Morgan fingerprint density at radius 2 is 2.11 bits per heavy atom. The van der Waals surface area contributed by atoms with Crippen LogP contribution in [0.1, 0.15) is 12.8 Å². The molecule has 0 aromatic rings. The third-order valence-corrected chi connectivity index (χ3v) is 5.65. The summed E-state index contributed by atoms with van der Waals surface area (Å²) in [7, 11) is -1.61. The van der Waals surface area contributed by atoms with Gasteiger partial charge < -0.3 is 15.2 Å². The molecular weight excluding hydrogens is 280 g/mol. The molecule has 0 unspecified atom stereocenters. The topological polar surface area (TPSA) is 81.9 Å². The maximum atomic E-state index is 12.2. The van der Waals surface area contributed by atoms with Crippen LogP contribution in [0.3, 0.4) is 0 Å². The summed E-state index contributed by atoms with van der Waals surface area (Å²) in [4.78, 5) is 0. The molecule has 6 nitrogen and oxygen atoms in total. The van der Waals surface area contributed by atoms with E-state index in [1.54, 1.807) is 7.11 Å². The molecule has 0 radical (unpaired) electrons. The lowest BCUT2D eigenvalue weighted by molar-refractivity contribution is -0.0410. The van der Waals surface area contributed by atoms with Gasteiger partial charge in [-0.1, -0.05) is 0 Å². The fraction of sp³-hybridized carbons (Fsp3) is 1.00. The van der Waals surface area contributed by atoms with E-state index in [4.69, 9.17) is 15.2 Å². The molecule has 0 spiro atoms. The van der Waals surface area contributed by atoms with Gasteiger partial charge in [0, 0.05) is 26.2 Å². The normalized spacial score (nSPS) is 33.6. The second-order valence-corrected chi connectivity index (χ2v) is 6.92. The Morgan fingerprint density at radius 3 is 2.67 bits per heavy atom. The molecule has 2 aliphatic rings. The van der Waals surface area contributed by atoms with Crippen molar-refractivity contribution in [1.82, 2.24) is 4.31 Å². The smallest absolute Gasteiger partial charge is 0.217 e. The van der Waals surface area contributed by atoms with Gasteiger partial charge in [0.2, 0.25) is 10.0 Å². The highest BCUT2D eigenvalue weighted by Gasteiger charge is 2.41. The van der Waals surface area contributed by atoms with Gasteiger partial charge in [-0.2, -0.15) is 4.31 Å². The molecule has 2 rings (SSSR count). The average Bonchev–Trinajstić information content (AvgIpc) is 2.26. The molecule has 8 heteroatoms. The number of hydrogen-bond acceptors (Lipinski definition) is 5. The van der Waals surface area contributed by atoms with Crippen LogP contribution in [0.25, 0.3) is 0 Å². The van der Waals surface area contributed by atoms with Crippen molar-refractivity contribution in [3.8, 4) is 0 Å². The van der Waals surface area contributed by atoms with Crippen molar-refractivity contribution in [1.29, 1.82) is 0 Å². The van der Waals surface area contributed by atoms with E-state index in [0.717, 1.165) is 0 Å². The highest BCUT2D eigenvalue weighted by molar-refractivity contribution is 7.89. The van der Waals surface area contributed by atoms with Crippen LogP contribution < -0.4 is 5.73 Å². The molecule has 1 aliphatic carbocycles. The van der Waals surface area contributed by atoms with Crippen LogP contribution in [0.2, 0.25) is 0 Å². The van der Waals surface area contributed by atoms with Crippen molar-refractivity contribution < 1.29 is 17.9 Å². The van der Waals surface area contributed by atoms with Gasteiger partial charge in [-0.15, -0.1) is 12.4 Å². The largest absolute Gasteiger partial charge is 0.382 e. The maximum absolute atomic E-state index is 12.2. The van der Waals surface area contributed by atoms with Gasteiger partial charge in [0.15, 0.2) is 0 Å². The van der Waals surface area contributed by atoms with Crippen molar-refractivity contribution in [2.24, 2.45) is 5.73 Å². The molecular formula is C10H21ClN2O4S. The van der Waals surface area contributed by atoms with E-state index in [1.807, 2.05) is 0 Å². The van der Waals surface area contributed by atoms with E-state index in [9.17, 15) is 8.42 Å². The number of halogens is 1. The van der Waals surface area contributed by atoms with Crippen molar-refractivity contribution >= 4 is 22.4 Å². The lowest BCUT2D eigenvalue weighted by Gasteiger charge is -2.39. The molecule has 1 heterocycles. The molecule has 0 aromatic carbocycles. The molecule has 0 bridgehead atoms. The summed E-state index contributed by atoms with van der Waals surface area (Å²) in [5.41, 5.74) is 5.64. The van der Waals surface area contributed by atoms with Crippen molar-refractivity contribution in [3.05, 3.63) is 0 Å². The summed E-state index contributed by atoms with van der Waals surface area (Å²) in [5.74, 6) is 0. The molecule has 18 heavy (non-hydrogen) atoms. The van der Waals surface area contributed by atoms with E-state index in [2.05, 4.69) is 0 Å². The first kappa shape index (κ1) is 16.1. The zero-order valence-electron chi connectivity index (χ0n) is 10.4. The second kappa shape index (κ2) is 6.49. The van der Waals surface area contributed by atoms with Crippen molar-refractivity contribution in [2.45, 2.75) is 30.2 Å². The molecule has 2 N–H and O–H groups in total. The first-order chi connectivity index (χ1) is 8.04. The van der Waals surface area contributed by atoms with Crippen LogP contribution in [-0.4, -0.2) is 63.5 Å². The predicted molar refractivity (Wildman–Crippen MR) is 70.4 cm³/mol. The Kier molecular flexibility index (Phi) is 5.82. The Labute approximate surface area is 114 Å². The van der Waals surface area contributed by atoms with Crippen LogP contribution in [0.15, 0.2) is 0 Å². The number of methoxy groups -OCH3 is 1. The standard InChI is InChI=1S/C10H20N2O4S.ClH/c1-15-7-9-6-12(2-3-16-9)17(13,14)10-4-8(11)5-10;/h8-10H,2-7,11H2,1H3;1H/t8?,9-,10?;/m1./s1. The molecule has 1 aliphatic heterocycles. The number of hydrogen-bond donors (Lipinski definition) is 1. The Bertz CT molecular complexity index is 357. The van der Waals surface area contributed by atoms with Gasteiger partial charge >= 0.3 is 0 Å². The fourth-order valence-electron chi connectivity index (χ4n) is 2.27. The van der Waals surface area contributed by atoms with Crippen molar-refractivity contribution in [2.75, 3.05) is 33.4 Å². The molecule has 0 amide bonds. The Morgan fingerprint density at radius 1 is 1.44 bits per heavy atom. The third-order valence-electron chi connectivity index (χ3n) is 3.37. The SMILES string of the molecule is COC[C@H]1CN(S(=O)(=O)C2CC(N)C2)CCO1.Cl. The average molecular weight is 301 g/mol. The van der Waals surface area contributed by atoms with E-state index < -0.39 is 10.0 Å². The number of morpholine rings is 1. The van der Waals surface area contributed by atoms with Gasteiger partial charge in [-0.05, 0) is 12.8 Å². The zero-order chi connectivity index (χ0) is 12.5. The Balaban J connectivity index is 0.00000162. The van der Waals surface area contributed by atoms with Crippen LogP contribution >= 0.6 is 12.4 Å². The second-order valence-electron chi connectivity index (χ2n) is 4.70. The molecule has 1 atom stereocenters. The third kappa shape index (κ3) is 3.34. The molecule has 1 saturated carbocycles. The van der Waals surface area contributed by atoms with Crippen molar-refractivity contribution in [3.63, 3.8) is 0 Å². The van der Waals surface area contributed by atoms with Gasteiger partial charge in [0.25, 0.3) is 0 Å². The first-order valence-electron chi connectivity index (χ1n) is 5.89. The number of nitrogens with zero attached hydrogens (tertiary/aromatic N) is 1. The summed E-state index contributed by atoms with van der Waals surface area (Å²) >= 11 is 0. The van der Waals surface area contributed by atoms with E-state index in [0.29, 0.717) is 39.1 Å². The Hall–Kier alpha value is 0.0800. The van der Waals surface area contributed by atoms with E-state index in [-0.39, 0.29) is 29.8 Å². The van der Waals surface area contributed by atoms with Crippen LogP contribution in [0, 0.1) is 0 Å². The number of ether oxygens (including phenoxy) is 2. The minimum Gasteiger partial charge on any atom is -0.382 e. The zero-order valence-corrected chi connectivity index (χ0v) is 12.1. The van der Waals surface area contributed by atoms with E-state index in [1.165, 1.54) is 4.31 Å². The van der Waals surface area contributed by atoms with Crippen LogP contribution in [0.4, 0.5) is 0 Å². The molecule has 108 valence electrons. The summed E-state index contributed by atoms with van der Waals surface area (Å²) in [6.45, 7) is 1.69. The summed E-state index contributed by atoms with van der Waals surface area (Å²) < 4.78 is 36.4. The predicted octanol–water partition coefficient (Wildman–Crippen LogP) is -0.425. The minimum absolute atomic E-state index is 0. The minimum atomic E-state index is -3.19. The highest BCUT2D eigenvalue weighted by Crippen LogP contribution is 2.28. The maximum Gasteiger partial charge on any atom is 0.217 e. The lowest BCUT2D eigenvalue weighted by atomic mass is 9.94. The number of nitrogens with two attached hydrogens (primary N) is 1. The molecule has 0 aromatic heterocycles. The first-order valence-corrected chi connectivity index (χ1v) is 7.39. The highest BCUT2D eigenvalue weighted by atomic mass is 35.5. The summed E-state index contributed by atoms with van der Waals surface area (Å²) in [5, 5.41) is -0.293. The van der Waals surface area contributed by atoms with Gasteiger partial charge in [-0.25, -0.2) is 8.42 Å². The van der Waals surface area contributed by atoms with E-state index >= 15 is 0 Å². The summed E-state index contributed by atoms with van der Waals surface area (Å²) in [6, 6.07) is 0.0468. The van der Waals surface area contributed by atoms with Crippen LogP contribution in [0.5, 0.6) is 0 Å².